The van der Waals surface area contributed by atoms with E-state index in [1.165, 1.54) is 11.1 Å². The van der Waals surface area contributed by atoms with E-state index in [-0.39, 0.29) is 0 Å². The number of nitrogens with zero attached hydrogens (tertiary/aromatic N) is 1. The van der Waals surface area contributed by atoms with Crippen LogP contribution >= 0.6 is 0 Å². The van der Waals surface area contributed by atoms with Crippen molar-refractivity contribution in [1.29, 1.82) is 0 Å². The van der Waals surface area contributed by atoms with Crippen molar-refractivity contribution >= 4 is 6.08 Å². The van der Waals surface area contributed by atoms with Gasteiger partial charge in [0.05, 0.1) is 12.9 Å². The predicted octanol–water partition coefficient (Wildman–Crippen LogP) is 2.54. The van der Waals surface area contributed by atoms with E-state index >= 15 is 0 Å². The van der Waals surface area contributed by atoms with Crippen molar-refractivity contribution < 1.29 is 4.74 Å². The molecule has 0 aliphatic heterocycles. The van der Waals surface area contributed by atoms with Gasteiger partial charge in [0.2, 0.25) is 0 Å². The minimum atomic E-state index is 0.732. The standard InChI is InChI=1S/C13H19NO/c1-12-4-6-13(7-5-12)8-10-15-11-9-14(2)3/h4-8,10H,9,11H2,1-3H3/b10-8+. The van der Waals surface area contributed by atoms with Crippen LogP contribution < -0.4 is 0 Å². The van der Waals surface area contributed by atoms with E-state index in [0.717, 1.165) is 13.2 Å². The lowest BCUT2D eigenvalue weighted by atomic mass is 10.1. The lowest BCUT2D eigenvalue weighted by molar-refractivity contribution is 0.214. The Morgan fingerprint density at radius 2 is 1.87 bits per heavy atom. The van der Waals surface area contributed by atoms with Crippen LogP contribution in [0.3, 0.4) is 0 Å². The lowest BCUT2D eigenvalue weighted by Gasteiger charge is -2.07. The maximum atomic E-state index is 5.36. The van der Waals surface area contributed by atoms with Crippen LogP contribution in [0.4, 0.5) is 0 Å². The van der Waals surface area contributed by atoms with E-state index in [1.54, 1.807) is 6.26 Å². The minimum Gasteiger partial charge on any atom is -0.500 e. The van der Waals surface area contributed by atoms with E-state index < -0.39 is 0 Å². The van der Waals surface area contributed by atoms with Gasteiger partial charge < -0.3 is 9.64 Å². The average Bonchev–Trinajstić information content (AvgIpc) is 2.20. The molecular formula is C13H19NO. The largest absolute Gasteiger partial charge is 0.500 e. The summed E-state index contributed by atoms with van der Waals surface area (Å²) >= 11 is 0. The molecule has 0 saturated carbocycles. The van der Waals surface area contributed by atoms with Crippen molar-refractivity contribution in [1.82, 2.24) is 4.90 Å². The van der Waals surface area contributed by atoms with Crippen LogP contribution in [0, 0.1) is 6.92 Å². The average molecular weight is 205 g/mol. The molecule has 0 aliphatic rings. The van der Waals surface area contributed by atoms with Gasteiger partial charge in [-0.05, 0) is 32.7 Å². The highest BCUT2D eigenvalue weighted by Crippen LogP contribution is 2.04. The van der Waals surface area contributed by atoms with Crippen molar-refractivity contribution in [3.8, 4) is 0 Å². The number of hydrogen-bond donors (Lipinski definition) is 0. The normalized spacial score (nSPS) is 11.2. The summed E-state index contributed by atoms with van der Waals surface area (Å²) in [5, 5.41) is 0. The molecule has 0 bridgehead atoms. The summed E-state index contributed by atoms with van der Waals surface area (Å²) in [6.45, 7) is 3.76. The molecule has 82 valence electrons. The maximum absolute atomic E-state index is 5.36. The van der Waals surface area contributed by atoms with Crippen molar-refractivity contribution in [2.24, 2.45) is 0 Å². The number of ether oxygens (including phenoxy) is 1. The second-order valence-corrected chi connectivity index (χ2v) is 3.89. The quantitative estimate of drug-likeness (QED) is 0.541. The summed E-state index contributed by atoms with van der Waals surface area (Å²) in [7, 11) is 4.07. The Morgan fingerprint density at radius 3 is 2.47 bits per heavy atom. The molecule has 0 heterocycles. The molecule has 0 unspecified atom stereocenters. The Morgan fingerprint density at radius 1 is 1.20 bits per heavy atom. The number of benzene rings is 1. The van der Waals surface area contributed by atoms with Gasteiger partial charge in [0, 0.05) is 6.54 Å². The van der Waals surface area contributed by atoms with Crippen LogP contribution in [0.1, 0.15) is 11.1 Å². The number of hydrogen-bond acceptors (Lipinski definition) is 2. The topological polar surface area (TPSA) is 12.5 Å². The summed E-state index contributed by atoms with van der Waals surface area (Å²) in [6.07, 6.45) is 3.74. The highest BCUT2D eigenvalue weighted by Gasteiger charge is 1.88. The first-order chi connectivity index (χ1) is 7.18. The van der Waals surface area contributed by atoms with E-state index in [1.807, 2.05) is 20.2 Å². The molecule has 1 aromatic carbocycles. The Kier molecular flexibility index (Phi) is 4.91. The second-order valence-electron chi connectivity index (χ2n) is 3.89. The van der Waals surface area contributed by atoms with Crippen molar-refractivity contribution in [3.63, 3.8) is 0 Å². The van der Waals surface area contributed by atoms with Crippen molar-refractivity contribution in [2.75, 3.05) is 27.2 Å². The van der Waals surface area contributed by atoms with Crippen LogP contribution in [0.5, 0.6) is 0 Å². The van der Waals surface area contributed by atoms with Crippen LogP contribution in [0.25, 0.3) is 6.08 Å². The Balaban J connectivity index is 2.29. The molecule has 0 N–H and O–H groups in total. The van der Waals surface area contributed by atoms with Crippen molar-refractivity contribution in [3.05, 3.63) is 41.7 Å². The third-order valence-electron chi connectivity index (χ3n) is 2.09. The molecule has 0 fully saturated rings. The minimum absolute atomic E-state index is 0.732. The fourth-order valence-electron chi connectivity index (χ4n) is 1.11. The lowest BCUT2D eigenvalue weighted by Crippen LogP contribution is -2.16. The van der Waals surface area contributed by atoms with Crippen molar-refractivity contribution in [2.45, 2.75) is 6.92 Å². The Labute approximate surface area is 92.2 Å². The SMILES string of the molecule is Cc1ccc(/C=C/OCCN(C)C)cc1. The third-order valence-corrected chi connectivity index (χ3v) is 2.09. The molecule has 2 heteroatoms. The van der Waals surface area contributed by atoms with Gasteiger partial charge in [-0.3, -0.25) is 0 Å². The van der Waals surface area contributed by atoms with Gasteiger partial charge in [0.1, 0.15) is 0 Å². The fourth-order valence-corrected chi connectivity index (χ4v) is 1.11. The van der Waals surface area contributed by atoms with Gasteiger partial charge in [0.25, 0.3) is 0 Å². The van der Waals surface area contributed by atoms with Gasteiger partial charge in [-0.2, -0.15) is 0 Å². The van der Waals surface area contributed by atoms with Gasteiger partial charge in [0.15, 0.2) is 0 Å². The zero-order valence-electron chi connectivity index (χ0n) is 9.73. The van der Waals surface area contributed by atoms with Gasteiger partial charge in [-0.25, -0.2) is 0 Å². The van der Waals surface area contributed by atoms with Gasteiger partial charge >= 0.3 is 0 Å². The number of rotatable bonds is 5. The van der Waals surface area contributed by atoms with E-state index in [9.17, 15) is 0 Å². The summed E-state index contributed by atoms with van der Waals surface area (Å²) in [6, 6.07) is 8.36. The van der Waals surface area contributed by atoms with Crippen LogP contribution in [-0.4, -0.2) is 32.1 Å². The summed E-state index contributed by atoms with van der Waals surface area (Å²) < 4.78 is 5.36. The van der Waals surface area contributed by atoms with Crippen LogP contribution in [0.15, 0.2) is 30.5 Å². The third kappa shape index (κ3) is 5.23. The smallest absolute Gasteiger partial charge is 0.0999 e. The number of aryl methyl sites for hydroxylation is 1. The highest BCUT2D eigenvalue weighted by atomic mass is 16.5. The summed E-state index contributed by atoms with van der Waals surface area (Å²) in [4.78, 5) is 2.10. The number of likely N-dealkylation sites (N-methyl/N-ethyl adjacent to an activating group) is 1. The van der Waals surface area contributed by atoms with Crippen LogP contribution in [0.2, 0.25) is 0 Å². The van der Waals surface area contributed by atoms with Crippen LogP contribution in [-0.2, 0) is 4.74 Å². The fraction of sp³-hybridized carbons (Fsp3) is 0.385. The summed E-state index contributed by atoms with van der Waals surface area (Å²) in [5.74, 6) is 0. The molecule has 0 aromatic heterocycles. The van der Waals surface area contributed by atoms with E-state index in [0.29, 0.717) is 0 Å². The molecule has 0 radical (unpaired) electrons. The predicted molar refractivity (Wildman–Crippen MR) is 64.7 cm³/mol. The first-order valence-corrected chi connectivity index (χ1v) is 5.18. The molecule has 0 aliphatic carbocycles. The molecule has 15 heavy (non-hydrogen) atoms. The van der Waals surface area contributed by atoms with E-state index in [2.05, 4.69) is 36.1 Å². The monoisotopic (exact) mass is 205 g/mol. The summed E-state index contributed by atoms with van der Waals surface area (Å²) in [5.41, 5.74) is 2.45. The second kappa shape index (κ2) is 6.25. The Hall–Kier alpha value is -1.28. The molecule has 0 amide bonds. The molecule has 0 saturated heterocycles. The first kappa shape index (κ1) is 11.8. The zero-order chi connectivity index (χ0) is 11.1. The Bertz CT molecular complexity index is 301. The molecule has 2 nitrogen and oxygen atoms in total. The molecule has 1 rings (SSSR count). The highest BCUT2D eigenvalue weighted by molar-refractivity contribution is 5.48. The molecule has 0 atom stereocenters. The van der Waals surface area contributed by atoms with E-state index in [4.69, 9.17) is 4.74 Å². The molecule has 0 spiro atoms. The van der Waals surface area contributed by atoms with Gasteiger partial charge in [-0.1, -0.05) is 29.8 Å². The van der Waals surface area contributed by atoms with Gasteiger partial charge in [-0.15, -0.1) is 0 Å². The maximum Gasteiger partial charge on any atom is 0.0999 e. The zero-order valence-corrected chi connectivity index (χ0v) is 9.73. The molecule has 1 aromatic rings. The first-order valence-electron chi connectivity index (χ1n) is 5.18. The molecular weight excluding hydrogens is 186 g/mol.